The molecule has 102 valence electrons. The molecule has 1 aromatic carbocycles. The fraction of sp³-hybridized carbons (Fsp3) is 0.385. The molecule has 0 bridgehead atoms. The van der Waals surface area contributed by atoms with Crippen LogP contribution in [0.15, 0.2) is 22.7 Å². The number of aliphatic carboxylic acids is 1. The third-order valence-corrected chi connectivity index (χ3v) is 3.84. The maximum atomic E-state index is 13.3. The van der Waals surface area contributed by atoms with Gasteiger partial charge in [0.15, 0.2) is 0 Å². The van der Waals surface area contributed by atoms with Crippen molar-refractivity contribution < 1.29 is 19.1 Å². The molecule has 0 aliphatic heterocycles. The topological polar surface area (TPSA) is 66.4 Å². The lowest BCUT2D eigenvalue weighted by Gasteiger charge is -2.32. The molecule has 0 heterocycles. The van der Waals surface area contributed by atoms with Crippen LogP contribution in [0.5, 0.6) is 0 Å². The summed E-state index contributed by atoms with van der Waals surface area (Å²) >= 11 is 3.05. The Morgan fingerprint density at radius 2 is 2.11 bits per heavy atom. The van der Waals surface area contributed by atoms with Crippen molar-refractivity contribution in [3.8, 4) is 0 Å². The van der Waals surface area contributed by atoms with Crippen molar-refractivity contribution >= 4 is 27.8 Å². The second-order valence-corrected chi connectivity index (χ2v) is 5.55. The fourth-order valence-corrected chi connectivity index (χ4v) is 2.30. The monoisotopic (exact) mass is 329 g/mol. The van der Waals surface area contributed by atoms with Gasteiger partial charge in [0.2, 0.25) is 5.91 Å². The predicted molar refractivity (Wildman–Crippen MR) is 70.1 cm³/mol. The molecule has 0 radical (unpaired) electrons. The van der Waals surface area contributed by atoms with E-state index in [1.54, 1.807) is 12.1 Å². The Bertz CT molecular complexity index is 515. The van der Waals surface area contributed by atoms with Crippen LogP contribution in [0, 0.1) is 11.7 Å². The summed E-state index contributed by atoms with van der Waals surface area (Å²) in [5.74, 6) is -1.79. The average molecular weight is 330 g/mol. The summed E-state index contributed by atoms with van der Waals surface area (Å²) in [5.41, 5.74) is 0.590. The number of amides is 1. The molecule has 4 nitrogen and oxygen atoms in total. The summed E-state index contributed by atoms with van der Waals surface area (Å²) in [6, 6.07) is 4.47. The number of nitrogens with one attached hydrogen (secondary N) is 1. The maximum Gasteiger partial charge on any atom is 0.306 e. The quantitative estimate of drug-likeness (QED) is 0.889. The van der Waals surface area contributed by atoms with Crippen molar-refractivity contribution in [3.05, 3.63) is 34.1 Å². The molecule has 0 spiro atoms. The number of hydrogen-bond acceptors (Lipinski definition) is 2. The molecular formula is C13H13BrFNO3. The van der Waals surface area contributed by atoms with Crippen molar-refractivity contribution in [3.63, 3.8) is 0 Å². The van der Waals surface area contributed by atoms with Gasteiger partial charge in [0.25, 0.3) is 0 Å². The molecule has 1 saturated carbocycles. The molecule has 1 aliphatic carbocycles. The summed E-state index contributed by atoms with van der Waals surface area (Å²) in [5, 5.41) is 11.5. The Kier molecular flexibility index (Phi) is 4.19. The van der Waals surface area contributed by atoms with Crippen LogP contribution in [0.3, 0.4) is 0 Å². The van der Waals surface area contributed by atoms with Crippen molar-refractivity contribution in [2.75, 3.05) is 0 Å². The summed E-state index contributed by atoms with van der Waals surface area (Å²) < 4.78 is 13.6. The van der Waals surface area contributed by atoms with Crippen LogP contribution in [-0.2, 0) is 16.0 Å². The SMILES string of the molecule is O=C(Cc1ccc(Br)c(F)c1)NC1CC(C(=O)O)C1. The molecular weight excluding hydrogens is 317 g/mol. The number of hydrogen-bond donors (Lipinski definition) is 2. The Morgan fingerprint density at radius 1 is 1.42 bits per heavy atom. The first-order valence-corrected chi connectivity index (χ1v) is 6.71. The minimum Gasteiger partial charge on any atom is -0.481 e. The zero-order valence-electron chi connectivity index (χ0n) is 10.0. The summed E-state index contributed by atoms with van der Waals surface area (Å²) in [7, 11) is 0. The molecule has 0 atom stereocenters. The van der Waals surface area contributed by atoms with Crippen molar-refractivity contribution in [2.45, 2.75) is 25.3 Å². The number of benzene rings is 1. The van der Waals surface area contributed by atoms with Gasteiger partial charge in [0, 0.05) is 6.04 Å². The normalized spacial score (nSPS) is 21.6. The standard InChI is InChI=1S/C13H13BrFNO3/c14-10-2-1-7(3-11(10)15)4-12(17)16-9-5-8(6-9)13(18)19/h1-3,8-9H,4-6H2,(H,16,17)(H,18,19). The van der Waals surface area contributed by atoms with Gasteiger partial charge in [-0.15, -0.1) is 0 Å². The molecule has 0 saturated heterocycles. The van der Waals surface area contributed by atoms with E-state index in [1.807, 2.05) is 0 Å². The van der Waals surface area contributed by atoms with Crippen molar-refractivity contribution in [1.29, 1.82) is 0 Å². The first-order valence-electron chi connectivity index (χ1n) is 5.92. The molecule has 1 aromatic rings. The Morgan fingerprint density at radius 3 is 2.68 bits per heavy atom. The minimum atomic E-state index is -0.819. The van der Waals surface area contributed by atoms with Gasteiger partial charge in [-0.25, -0.2) is 4.39 Å². The average Bonchev–Trinajstić information content (AvgIpc) is 2.27. The zero-order valence-corrected chi connectivity index (χ0v) is 11.6. The van der Waals surface area contributed by atoms with Crippen LogP contribution in [0.25, 0.3) is 0 Å². The summed E-state index contributed by atoms with van der Waals surface area (Å²) in [6.07, 6.45) is 1.03. The zero-order chi connectivity index (χ0) is 14.0. The highest BCUT2D eigenvalue weighted by Gasteiger charge is 2.35. The minimum absolute atomic E-state index is 0.0751. The first kappa shape index (κ1) is 14.0. The second-order valence-electron chi connectivity index (χ2n) is 4.70. The van der Waals surface area contributed by atoms with Crippen LogP contribution in [-0.4, -0.2) is 23.0 Å². The van der Waals surface area contributed by atoms with Gasteiger partial charge < -0.3 is 10.4 Å². The molecule has 2 N–H and O–H groups in total. The summed E-state index contributed by atoms with van der Waals surface area (Å²) in [4.78, 5) is 22.3. The maximum absolute atomic E-state index is 13.3. The van der Waals surface area contributed by atoms with E-state index in [1.165, 1.54) is 6.07 Å². The lowest BCUT2D eigenvalue weighted by atomic mass is 9.80. The highest BCUT2D eigenvalue weighted by Crippen LogP contribution is 2.27. The van der Waals surface area contributed by atoms with E-state index in [-0.39, 0.29) is 24.3 Å². The smallest absolute Gasteiger partial charge is 0.306 e. The van der Waals surface area contributed by atoms with Crippen LogP contribution in [0.2, 0.25) is 0 Å². The number of carboxylic acids is 1. The van der Waals surface area contributed by atoms with E-state index in [0.29, 0.717) is 22.9 Å². The molecule has 1 amide bonds. The molecule has 19 heavy (non-hydrogen) atoms. The predicted octanol–water partition coefficient (Wildman–Crippen LogP) is 2.11. The molecule has 6 heteroatoms. The van der Waals surface area contributed by atoms with E-state index in [9.17, 15) is 14.0 Å². The number of carboxylic acid groups (broad SMARTS) is 1. The highest BCUT2D eigenvalue weighted by atomic mass is 79.9. The van der Waals surface area contributed by atoms with Crippen LogP contribution in [0.4, 0.5) is 4.39 Å². The Labute approximate surface area is 118 Å². The van der Waals surface area contributed by atoms with Gasteiger partial charge in [-0.1, -0.05) is 6.07 Å². The van der Waals surface area contributed by atoms with Gasteiger partial charge in [0.05, 0.1) is 16.8 Å². The van der Waals surface area contributed by atoms with E-state index < -0.39 is 11.8 Å². The largest absolute Gasteiger partial charge is 0.481 e. The van der Waals surface area contributed by atoms with E-state index in [4.69, 9.17) is 5.11 Å². The number of carbonyl (C=O) groups excluding carboxylic acids is 1. The van der Waals surface area contributed by atoms with Crippen LogP contribution < -0.4 is 5.32 Å². The number of rotatable bonds is 4. The first-order chi connectivity index (χ1) is 8.95. The van der Waals surface area contributed by atoms with Gasteiger partial charge in [0.1, 0.15) is 5.82 Å². The Hall–Kier alpha value is -1.43. The number of halogens is 2. The third kappa shape index (κ3) is 3.53. The van der Waals surface area contributed by atoms with E-state index in [2.05, 4.69) is 21.2 Å². The third-order valence-electron chi connectivity index (χ3n) is 3.20. The number of carbonyl (C=O) groups is 2. The molecule has 0 unspecified atom stereocenters. The van der Waals surface area contributed by atoms with Crippen LogP contribution >= 0.6 is 15.9 Å². The van der Waals surface area contributed by atoms with Crippen LogP contribution in [0.1, 0.15) is 18.4 Å². The van der Waals surface area contributed by atoms with Gasteiger partial charge >= 0.3 is 5.97 Å². The van der Waals surface area contributed by atoms with E-state index >= 15 is 0 Å². The van der Waals surface area contributed by atoms with E-state index in [0.717, 1.165) is 0 Å². The van der Waals surface area contributed by atoms with Crippen molar-refractivity contribution in [2.24, 2.45) is 5.92 Å². The lowest BCUT2D eigenvalue weighted by molar-refractivity contribution is -0.146. The van der Waals surface area contributed by atoms with Gasteiger partial charge in [-0.05, 0) is 46.5 Å². The summed E-state index contributed by atoms with van der Waals surface area (Å²) in [6.45, 7) is 0. The molecule has 1 fully saturated rings. The van der Waals surface area contributed by atoms with Gasteiger partial charge in [-0.3, -0.25) is 9.59 Å². The van der Waals surface area contributed by atoms with Crippen molar-refractivity contribution in [1.82, 2.24) is 5.32 Å². The van der Waals surface area contributed by atoms with Gasteiger partial charge in [-0.2, -0.15) is 0 Å². The molecule has 1 aliphatic rings. The Balaban J connectivity index is 1.82. The highest BCUT2D eigenvalue weighted by molar-refractivity contribution is 9.10. The molecule has 2 rings (SSSR count). The second kappa shape index (κ2) is 5.69. The fourth-order valence-electron chi connectivity index (χ4n) is 2.05. The molecule has 0 aromatic heterocycles. The lowest BCUT2D eigenvalue weighted by Crippen LogP contribution is -2.47.